The van der Waals surface area contributed by atoms with Gasteiger partial charge in [0.1, 0.15) is 5.69 Å². The van der Waals surface area contributed by atoms with Crippen molar-refractivity contribution in [3.63, 3.8) is 0 Å². The Hall–Kier alpha value is -2.25. The van der Waals surface area contributed by atoms with E-state index >= 15 is 0 Å². The van der Waals surface area contributed by atoms with Crippen LogP contribution in [0.4, 0.5) is 5.82 Å². The molecule has 14 heavy (non-hydrogen) atoms. The van der Waals surface area contributed by atoms with Crippen LogP contribution in [-0.2, 0) is 0 Å². The third-order valence-corrected chi connectivity index (χ3v) is 1.74. The van der Waals surface area contributed by atoms with Gasteiger partial charge in [0, 0.05) is 0 Å². The minimum Gasteiger partial charge on any atom is -0.378 e. The summed E-state index contributed by atoms with van der Waals surface area (Å²) in [5, 5.41) is 14.2. The standard InChI is InChI=1S/C6H6N6O2/c1-3-4(2-13)8-11-12(3)6-5(7)9-14-10-6/h2H,1H3,(H2,7,9). The van der Waals surface area contributed by atoms with Crippen LogP contribution in [0.25, 0.3) is 5.82 Å². The molecule has 2 aromatic heterocycles. The molecule has 0 fully saturated rings. The highest BCUT2D eigenvalue weighted by molar-refractivity contribution is 5.73. The summed E-state index contributed by atoms with van der Waals surface area (Å²) in [6, 6.07) is 0. The van der Waals surface area contributed by atoms with Crippen molar-refractivity contribution in [2.45, 2.75) is 6.92 Å². The van der Waals surface area contributed by atoms with E-state index in [2.05, 4.69) is 25.3 Å². The zero-order valence-electron chi connectivity index (χ0n) is 7.21. The second kappa shape index (κ2) is 2.91. The van der Waals surface area contributed by atoms with Crippen LogP contribution >= 0.6 is 0 Å². The third kappa shape index (κ3) is 1.04. The molecular weight excluding hydrogens is 188 g/mol. The molecule has 2 N–H and O–H groups in total. The quantitative estimate of drug-likeness (QED) is 0.632. The van der Waals surface area contributed by atoms with Crippen molar-refractivity contribution in [3.8, 4) is 5.82 Å². The monoisotopic (exact) mass is 194 g/mol. The van der Waals surface area contributed by atoms with Gasteiger partial charge in [0.2, 0.25) is 11.6 Å². The van der Waals surface area contributed by atoms with Crippen LogP contribution in [0.5, 0.6) is 0 Å². The van der Waals surface area contributed by atoms with E-state index in [0.717, 1.165) is 0 Å². The molecule has 0 unspecified atom stereocenters. The summed E-state index contributed by atoms with van der Waals surface area (Å²) in [5.41, 5.74) is 6.21. The van der Waals surface area contributed by atoms with Gasteiger partial charge in [-0.2, -0.15) is 4.68 Å². The van der Waals surface area contributed by atoms with E-state index in [0.29, 0.717) is 12.0 Å². The fourth-order valence-electron chi connectivity index (χ4n) is 0.989. The average Bonchev–Trinajstić information content (AvgIpc) is 2.72. The summed E-state index contributed by atoms with van der Waals surface area (Å²) in [6.07, 6.45) is 0.600. The molecular formula is C6H6N6O2. The highest BCUT2D eigenvalue weighted by atomic mass is 16.6. The summed E-state index contributed by atoms with van der Waals surface area (Å²) >= 11 is 0. The van der Waals surface area contributed by atoms with Gasteiger partial charge in [-0.15, -0.1) is 5.10 Å². The first-order valence-corrected chi connectivity index (χ1v) is 3.70. The van der Waals surface area contributed by atoms with Gasteiger partial charge < -0.3 is 5.73 Å². The first-order chi connectivity index (χ1) is 6.74. The minimum absolute atomic E-state index is 0.0930. The Kier molecular flexibility index (Phi) is 1.73. The van der Waals surface area contributed by atoms with Crippen molar-refractivity contribution in [2.24, 2.45) is 0 Å². The van der Waals surface area contributed by atoms with Gasteiger partial charge in [0.05, 0.1) is 5.69 Å². The second-order valence-electron chi connectivity index (χ2n) is 2.56. The van der Waals surface area contributed by atoms with Crippen LogP contribution in [0, 0.1) is 6.92 Å². The molecule has 0 aliphatic carbocycles. The lowest BCUT2D eigenvalue weighted by Crippen LogP contribution is -2.03. The summed E-state index contributed by atoms with van der Waals surface area (Å²) in [4.78, 5) is 10.5. The molecule has 8 heteroatoms. The van der Waals surface area contributed by atoms with Crippen molar-refractivity contribution >= 4 is 12.1 Å². The van der Waals surface area contributed by atoms with Crippen molar-refractivity contribution in [3.05, 3.63) is 11.4 Å². The first kappa shape index (κ1) is 8.35. The molecule has 2 heterocycles. The molecule has 72 valence electrons. The zero-order chi connectivity index (χ0) is 10.1. The summed E-state index contributed by atoms with van der Waals surface area (Å²) < 4.78 is 5.68. The van der Waals surface area contributed by atoms with Gasteiger partial charge in [0.25, 0.3) is 0 Å². The molecule has 0 saturated carbocycles. The number of hydrogen-bond donors (Lipinski definition) is 1. The second-order valence-corrected chi connectivity index (χ2v) is 2.56. The largest absolute Gasteiger partial charge is 0.378 e. The first-order valence-electron chi connectivity index (χ1n) is 3.70. The molecule has 0 amide bonds. The van der Waals surface area contributed by atoms with Crippen molar-refractivity contribution in [2.75, 3.05) is 5.73 Å². The van der Waals surface area contributed by atoms with Crippen LogP contribution in [-0.4, -0.2) is 31.6 Å². The number of nitrogen functional groups attached to an aromatic ring is 1. The zero-order valence-corrected chi connectivity index (χ0v) is 7.21. The topological polar surface area (TPSA) is 113 Å². The Morgan fingerprint density at radius 2 is 2.29 bits per heavy atom. The predicted molar refractivity (Wildman–Crippen MR) is 43.8 cm³/mol. The molecule has 0 spiro atoms. The number of rotatable bonds is 2. The lowest BCUT2D eigenvalue weighted by molar-refractivity contribution is 0.111. The molecule has 0 bridgehead atoms. The van der Waals surface area contributed by atoms with Gasteiger partial charge in [0.15, 0.2) is 6.29 Å². The molecule has 0 radical (unpaired) electrons. The average molecular weight is 194 g/mol. The molecule has 0 aromatic carbocycles. The van der Waals surface area contributed by atoms with E-state index in [1.807, 2.05) is 0 Å². The SMILES string of the molecule is Cc1c(C=O)nnn1-c1nonc1N. The van der Waals surface area contributed by atoms with Crippen LogP contribution in [0.3, 0.4) is 0 Å². The molecule has 0 saturated heterocycles. The number of aromatic nitrogens is 5. The predicted octanol–water partition coefficient (Wildman–Crippen LogP) is -0.647. The Labute approximate surface area is 77.7 Å². The van der Waals surface area contributed by atoms with Crippen LogP contribution in [0.15, 0.2) is 4.63 Å². The van der Waals surface area contributed by atoms with Gasteiger partial charge in [-0.3, -0.25) is 4.79 Å². The Morgan fingerprint density at radius 3 is 2.79 bits per heavy atom. The smallest absolute Gasteiger partial charge is 0.243 e. The number of nitrogens with two attached hydrogens (primary N) is 1. The lowest BCUT2D eigenvalue weighted by atomic mass is 10.4. The maximum Gasteiger partial charge on any atom is 0.243 e. The molecule has 2 rings (SSSR count). The normalized spacial score (nSPS) is 10.4. The van der Waals surface area contributed by atoms with Crippen LogP contribution in [0.2, 0.25) is 0 Å². The number of carbonyl (C=O) groups excluding carboxylic acids is 1. The minimum atomic E-state index is 0.0930. The van der Waals surface area contributed by atoms with E-state index in [9.17, 15) is 4.79 Å². The van der Waals surface area contributed by atoms with Crippen LogP contribution in [0.1, 0.15) is 16.2 Å². The molecule has 0 aliphatic rings. The Balaban J connectivity index is 2.58. The molecule has 2 aromatic rings. The van der Waals surface area contributed by atoms with E-state index in [1.165, 1.54) is 4.68 Å². The number of nitrogens with zero attached hydrogens (tertiary/aromatic N) is 5. The fourth-order valence-corrected chi connectivity index (χ4v) is 0.989. The number of hydrogen-bond acceptors (Lipinski definition) is 7. The van der Waals surface area contributed by atoms with Gasteiger partial charge in [-0.25, -0.2) is 4.63 Å². The molecule has 0 aliphatic heterocycles. The fraction of sp³-hybridized carbons (Fsp3) is 0.167. The van der Waals surface area contributed by atoms with Gasteiger partial charge >= 0.3 is 0 Å². The number of anilines is 1. The number of carbonyl (C=O) groups is 1. The van der Waals surface area contributed by atoms with Crippen LogP contribution < -0.4 is 5.73 Å². The highest BCUT2D eigenvalue weighted by Crippen LogP contribution is 2.13. The molecule has 0 atom stereocenters. The van der Waals surface area contributed by atoms with Crippen molar-refractivity contribution in [1.29, 1.82) is 0 Å². The Morgan fingerprint density at radius 1 is 1.50 bits per heavy atom. The summed E-state index contributed by atoms with van der Waals surface area (Å²) in [7, 11) is 0. The van der Waals surface area contributed by atoms with E-state index in [1.54, 1.807) is 6.92 Å². The van der Waals surface area contributed by atoms with E-state index in [-0.39, 0.29) is 17.3 Å². The lowest BCUT2D eigenvalue weighted by Gasteiger charge is -1.95. The number of aldehydes is 1. The maximum atomic E-state index is 10.5. The summed E-state index contributed by atoms with van der Waals surface area (Å²) in [5.74, 6) is 0.318. The highest BCUT2D eigenvalue weighted by Gasteiger charge is 2.15. The van der Waals surface area contributed by atoms with Gasteiger partial charge in [-0.1, -0.05) is 5.21 Å². The third-order valence-electron chi connectivity index (χ3n) is 1.74. The van der Waals surface area contributed by atoms with Crippen molar-refractivity contribution in [1.82, 2.24) is 25.3 Å². The summed E-state index contributed by atoms with van der Waals surface area (Å²) in [6.45, 7) is 1.66. The van der Waals surface area contributed by atoms with Gasteiger partial charge in [-0.05, 0) is 17.2 Å². The van der Waals surface area contributed by atoms with Crippen molar-refractivity contribution < 1.29 is 9.42 Å². The Bertz CT molecular complexity index is 472. The maximum absolute atomic E-state index is 10.5. The molecule has 8 nitrogen and oxygen atoms in total. The van der Waals surface area contributed by atoms with E-state index in [4.69, 9.17) is 5.73 Å². The van der Waals surface area contributed by atoms with E-state index < -0.39 is 0 Å².